The van der Waals surface area contributed by atoms with Gasteiger partial charge in [0.1, 0.15) is 12.0 Å². The molecule has 0 bridgehead atoms. The smallest absolute Gasteiger partial charge is 0.344 e. The zero-order valence-corrected chi connectivity index (χ0v) is 12.7. The molecule has 5 nitrogen and oxygen atoms in total. The second-order valence-corrected chi connectivity index (χ2v) is 4.93. The first-order valence-electron chi connectivity index (χ1n) is 6.91. The number of benzene rings is 2. The van der Waals surface area contributed by atoms with E-state index in [9.17, 15) is 9.59 Å². The van der Waals surface area contributed by atoms with Crippen LogP contribution in [0.3, 0.4) is 0 Å². The predicted octanol–water partition coefficient (Wildman–Crippen LogP) is 3.29. The van der Waals surface area contributed by atoms with Crippen LogP contribution in [-0.2, 0) is 0 Å². The van der Waals surface area contributed by atoms with Crippen molar-refractivity contribution in [2.24, 2.45) is 0 Å². The predicted molar refractivity (Wildman–Crippen MR) is 86.4 cm³/mol. The lowest BCUT2D eigenvalue weighted by atomic mass is 10.1. The van der Waals surface area contributed by atoms with Gasteiger partial charge in [0, 0.05) is 11.1 Å². The van der Waals surface area contributed by atoms with Gasteiger partial charge in [-0.3, -0.25) is 4.79 Å². The van der Waals surface area contributed by atoms with Gasteiger partial charge in [0.05, 0.1) is 19.6 Å². The molecule has 0 fully saturated rings. The molecule has 0 radical (unpaired) electrons. The van der Waals surface area contributed by atoms with Gasteiger partial charge in [-0.05, 0) is 23.6 Å². The second kappa shape index (κ2) is 5.96. The molecule has 0 saturated heterocycles. The van der Waals surface area contributed by atoms with E-state index in [4.69, 9.17) is 13.9 Å². The standard InChI is InChI=1S/C18H14O5/c1-21-16-8-13-7-15(12-5-3-11(10-19)4-6-12)23-18(20)14(13)9-17(16)22-2/h3-10H,1-2H3. The van der Waals surface area contributed by atoms with Crippen molar-refractivity contribution in [3.8, 4) is 22.8 Å². The van der Waals surface area contributed by atoms with Crippen LogP contribution in [0.1, 0.15) is 10.4 Å². The molecule has 1 heterocycles. The molecule has 2 aromatic carbocycles. The maximum Gasteiger partial charge on any atom is 0.344 e. The summed E-state index contributed by atoms with van der Waals surface area (Å²) in [6.45, 7) is 0. The van der Waals surface area contributed by atoms with Crippen LogP contribution in [0.5, 0.6) is 11.5 Å². The molecule has 3 aromatic rings. The van der Waals surface area contributed by atoms with Gasteiger partial charge in [0.15, 0.2) is 11.5 Å². The molecule has 0 aliphatic heterocycles. The average molecular weight is 310 g/mol. The Morgan fingerprint density at radius 1 is 0.957 bits per heavy atom. The fraction of sp³-hybridized carbons (Fsp3) is 0.111. The van der Waals surface area contributed by atoms with Crippen LogP contribution in [0.15, 0.2) is 51.7 Å². The summed E-state index contributed by atoms with van der Waals surface area (Å²) in [6.07, 6.45) is 0.761. The Kier molecular flexibility index (Phi) is 3.85. The van der Waals surface area contributed by atoms with Crippen molar-refractivity contribution in [3.63, 3.8) is 0 Å². The van der Waals surface area contributed by atoms with Crippen LogP contribution in [0, 0.1) is 0 Å². The Bertz CT molecular complexity index is 923. The minimum Gasteiger partial charge on any atom is -0.493 e. The molecule has 1 aromatic heterocycles. The van der Waals surface area contributed by atoms with E-state index in [1.54, 1.807) is 42.5 Å². The summed E-state index contributed by atoms with van der Waals surface area (Å²) in [5, 5.41) is 1.10. The fourth-order valence-electron chi connectivity index (χ4n) is 2.38. The zero-order valence-electron chi connectivity index (χ0n) is 12.7. The molecule has 116 valence electrons. The van der Waals surface area contributed by atoms with Crippen molar-refractivity contribution < 1.29 is 18.7 Å². The van der Waals surface area contributed by atoms with Crippen molar-refractivity contribution in [1.29, 1.82) is 0 Å². The van der Waals surface area contributed by atoms with Gasteiger partial charge in [0.2, 0.25) is 0 Å². The molecule has 23 heavy (non-hydrogen) atoms. The lowest BCUT2D eigenvalue weighted by molar-refractivity contribution is 0.112. The van der Waals surface area contributed by atoms with E-state index in [-0.39, 0.29) is 0 Å². The summed E-state index contributed by atoms with van der Waals surface area (Å²) in [5.41, 5.74) is 0.811. The molecule has 0 saturated carbocycles. The minimum absolute atomic E-state index is 0.413. The van der Waals surface area contributed by atoms with E-state index in [2.05, 4.69) is 0 Å². The Balaban J connectivity index is 2.19. The van der Waals surface area contributed by atoms with E-state index in [1.165, 1.54) is 14.2 Å². The van der Waals surface area contributed by atoms with Crippen molar-refractivity contribution in [1.82, 2.24) is 0 Å². The summed E-state index contributed by atoms with van der Waals surface area (Å²) in [7, 11) is 3.04. The molecule has 0 N–H and O–H groups in total. The van der Waals surface area contributed by atoms with E-state index >= 15 is 0 Å². The highest BCUT2D eigenvalue weighted by Crippen LogP contribution is 2.32. The van der Waals surface area contributed by atoms with Crippen molar-refractivity contribution in [3.05, 3.63) is 58.4 Å². The Morgan fingerprint density at radius 3 is 2.22 bits per heavy atom. The topological polar surface area (TPSA) is 65.7 Å². The number of carbonyl (C=O) groups excluding carboxylic acids is 1. The Morgan fingerprint density at radius 2 is 1.61 bits per heavy atom. The number of ether oxygens (including phenoxy) is 2. The Labute approximate surface area is 132 Å². The quantitative estimate of drug-likeness (QED) is 0.692. The van der Waals surface area contributed by atoms with Gasteiger partial charge in [-0.2, -0.15) is 0 Å². The Hall–Kier alpha value is -3.08. The molecule has 3 rings (SSSR count). The van der Waals surface area contributed by atoms with Crippen molar-refractivity contribution >= 4 is 17.1 Å². The van der Waals surface area contributed by atoms with Gasteiger partial charge < -0.3 is 13.9 Å². The molecule has 0 aliphatic rings. The van der Waals surface area contributed by atoms with Crippen LogP contribution in [0.25, 0.3) is 22.1 Å². The van der Waals surface area contributed by atoms with Gasteiger partial charge >= 0.3 is 5.63 Å². The van der Waals surface area contributed by atoms with Gasteiger partial charge in [-0.1, -0.05) is 24.3 Å². The summed E-state index contributed by atoms with van der Waals surface area (Å²) < 4.78 is 15.8. The summed E-state index contributed by atoms with van der Waals surface area (Å²) in [4.78, 5) is 23.0. The highest BCUT2D eigenvalue weighted by atomic mass is 16.5. The van der Waals surface area contributed by atoms with Crippen molar-refractivity contribution in [2.45, 2.75) is 0 Å². The summed E-state index contributed by atoms with van der Waals surface area (Å²) >= 11 is 0. The number of hydrogen-bond acceptors (Lipinski definition) is 5. The molecular formula is C18H14O5. The summed E-state index contributed by atoms with van der Waals surface area (Å²) in [5.74, 6) is 1.43. The lowest BCUT2D eigenvalue weighted by Gasteiger charge is -2.09. The summed E-state index contributed by atoms with van der Waals surface area (Å²) in [6, 6.07) is 11.9. The van der Waals surface area contributed by atoms with Gasteiger partial charge in [-0.25, -0.2) is 4.79 Å². The average Bonchev–Trinajstić information content (AvgIpc) is 2.60. The maximum atomic E-state index is 12.2. The van der Waals surface area contributed by atoms with E-state index in [1.807, 2.05) is 0 Å². The van der Waals surface area contributed by atoms with E-state index in [0.29, 0.717) is 39.2 Å². The normalized spacial score (nSPS) is 10.5. The third-order valence-electron chi connectivity index (χ3n) is 3.60. The van der Waals surface area contributed by atoms with Crippen LogP contribution >= 0.6 is 0 Å². The molecule has 0 amide bonds. The molecular weight excluding hydrogens is 296 g/mol. The number of aldehydes is 1. The molecule has 0 atom stereocenters. The number of methoxy groups -OCH3 is 2. The van der Waals surface area contributed by atoms with Crippen molar-refractivity contribution in [2.75, 3.05) is 14.2 Å². The number of carbonyl (C=O) groups is 1. The molecule has 5 heteroatoms. The first-order chi connectivity index (χ1) is 11.2. The van der Waals surface area contributed by atoms with E-state index in [0.717, 1.165) is 6.29 Å². The zero-order chi connectivity index (χ0) is 16.4. The highest BCUT2D eigenvalue weighted by molar-refractivity contribution is 5.87. The number of fused-ring (bicyclic) bond motifs is 1. The number of hydrogen-bond donors (Lipinski definition) is 0. The fourth-order valence-corrected chi connectivity index (χ4v) is 2.38. The molecule has 0 unspecified atom stereocenters. The van der Waals surface area contributed by atoms with Crippen LogP contribution in [0.2, 0.25) is 0 Å². The lowest BCUT2D eigenvalue weighted by Crippen LogP contribution is -2.02. The first kappa shape index (κ1) is 14.8. The molecule has 0 spiro atoms. The maximum absolute atomic E-state index is 12.2. The van der Waals surface area contributed by atoms with Crippen LogP contribution in [0.4, 0.5) is 0 Å². The first-order valence-corrected chi connectivity index (χ1v) is 6.91. The van der Waals surface area contributed by atoms with Gasteiger partial charge in [-0.15, -0.1) is 0 Å². The van der Waals surface area contributed by atoms with Crippen LogP contribution < -0.4 is 15.1 Å². The third kappa shape index (κ3) is 2.68. The second-order valence-electron chi connectivity index (χ2n) is 4.93. The molecule has 0 aliphatic carbocycles. The van der Waals surface area contributed by atoms with E-state index < -0.39 is 5.63 Å². The number of rotatable bonds is 4. The highest BCUT2D eigenvalue weighted by Gasteiger charge is 2.12. The minimum atomic E-state index is -0.460. The SMILES string of the molecule is COc1cc2cc(-c3ccc(C=O)cc3)oc(=O)c2cc1OC. The van der Waals surface area contributed by atoms with Crippen LogP contribution in [-0.4, -0.2) is 20.5 Å². The third-order valence-corrected chi connectivity index (χ3v) is 3.60. The van der Waals surface area contributed by atoms with Gasteiger partial charge in [0.25, 0.3) is 0 Å². The largest absolute Gasteiger partial charge is 0.493 e. The monoisotopic (exact) mass is 310 g/mol.